The summed E-state index contributed by atoms with van der Waals surface area (Å²) in [6.07, 6.45) is 9.93. The molecule has 0 bridgehead atoms. The number of ether oxygens (including phenoxy) is 6. The van der Waals surface area contributed by atoms with Crippen LogP contribution in [0.1, 0.15) is 65.2 Å². The molecule has 2 aliphatic carbocycles. The molecule has 13 heteroatoms. The van der Waals surface area contributed by atoms with Gasteiger partial charge in [-0.15, -0.1) is 0 Å². The summed E-state index contributed by atoms with van der Waals surface area (Å²) in [5.74, 6) is 0. The Bertz CT molecular complexity index is 467. The fraction of sp³-hybridized carbons (Fsp3) is 0.917. The van der Waals surface area contributed by atoms with Crippen molar-refractivity contribution >= 4 is 0 Å². The van der Waals surface area contributed by atoms with Crippen LogP contribution in [-0.4, -0.2) is 82.7 Å². The van der Waals surface area contributed by atoms with E-state index >= 15 is 0 Å². The van der Waals surface area contributed by atoms with E-state index in [4.69, 9.17) is 38.9 Å². The van der Waals surface area contributed by atoms with Gasteiger partial charge in [0, 0.05) is 28.1 Å². The van der Waals surface area contributed by atoms with Crippen molar-refractivity contribution in [2.24, 2.45) is 0 Å². The Morgan fingerprint density at radius 2 is 0.676 bits per heavy atom. The molecule has 4 atom stereocenters. The van der Waals surface area contributed by atoms with Gasteiger partial charge < -0.3 is 106 Å². The van der Waals surface area contributed by atoms with Gasteiger partial charge in [0.15, 0.2) is 0 Å². The standard InChI is InChI=1S/C20H36O6.2C2H3N.Am.3HI.H2O/c1-2-6-18-17(5-1)23-13-9-21-11-15-25-19-7-3-4-8-20(19)26-16-12-22-10-14-24-18;2*1-2-3;;;;;/h17-20H,1-16H2;2*1H3;;3*1H;1H2/p-3. The third kappa shape index (κ3) is 24.8. The number of halogens is 3. The van der Waals surface area contributed by atoms with E-state index in [2.05, 4.69) is 0 Å². The van der Waals surface area contributed by atoms with Gasteiger partial charge in [0.1, 0.15) is 0 Å². The molecule has 1 heterocycles. The van der Waals surface area contributed by atoms with Crippen LogP contribution in [0.5, 0.6) is 0 Å². The summed E-state index contributed by atoms with van der Waals surface area (Å²) in [5, 5.41) is 14.6. The summed E-state index contributed by atoms with van der Waals surface area (Å²) >= 11 is 0. The minimum Gasteiger partial charge on any atom is -1.00 e. The smallest absolute Gasteiger partial charge is 0.0837 e. The van der Waals surface area contributed by atoms with E-state index < -0.39 is 0 Å². The molecule has 9 nitrogen and oxygen atoms in total. The van der Waals surface area contributed by atoms with Gasteiger partial charge in [0.2, 0.25) is 0 Å². The minimum absolute atomic E-state index is 0. The van der Waals surface area contributed by atoms with E-state index in [1.165, 1.54) is 39.5 Å². The second-order valence-corrected chi connectivity index (χ2v) is 7.88. The predicted molar refractivity (Wildman–Crippen MR) is 124 cm³/mol. The van der Waals surface area contributed by atoms with Crippen LogP contribution in [0.3, 0.4) is 0 Å². The first-order valence-corrected chi connectivity index (χ1v) is 12.0. The van der Waals surface area contributed by atoms with Crippen molar-refractivity contribution in [3.05, 3.63) is 0 Å². The summed E-state index contributed by atoms with van der Waals surface area (Å²) in [6, 6.07) is 3.50. The van der Waals surface area contributed by atoms with Gasteiger partial charge in [-0.25, -0.2) is 0 Å². The number of rotatable bonds is 0. The summed E-state index contributed by atoms with van der Waals surface area (Å²) in [4.78, 5) is 0. The molecule has 1 saturated heterocycles. The van der Waals surface area contributed by atoms with Crippen molar-refractivity contribution < 1.29 is 120 Å². The maximum atomic E-state index is 7.32. The van der Waals surface area contributed by atoms with Gasteiger partial charge in [0.25, 0.3) is 0 Å². The van der Waals surface area contributed by atoms with E-state index in [1.807, 2.05) is 0 Å². The molecule has 1 radical (unpaired) electrons. The SMILES string of the molecule is C1CCC2OCCOCCOC3CCCCC3OCCOCCOC2C1.CC#N.CC#N.O.[Am].[I-].[I-].[I-]. The number of hydrogen-bond donors (Lipinski definition) is 0. The van der Waals surface area contributed by atoms with Gasteiger partial charge in [-0.05, 0) is 25.7 Å². The Labute approximate surface area is 282 Å². The normalized spacial score (nSPS) is 26.4. The number of nitrogens with zero attached hydrogens (tertiary/aromatic N) is 2. The van der Waals surface area contributed by atoms with Crippen LogP contribution >= 0.6 is 0 Å². The average Bonchev–Trinajstić information content (AvgIpc) is 2.80. The molecule has 2 saturated carbocycles. The van der Waals surface area contributed by atoms with Crippen molar-refractivity contribution in [2.45, 2.75) is 89.6 Å². The maximum Gasteiger partial charge on any atom is 0.0837 e. The zero-order chi connectivity index (χ0) is 23.3. The van der Waals surface area contributed by atoms with Gasteiger partial charge in [-0.1, -0.05) is 25.7 Å². The van der Waals surface area contributed by atoms with E-state index in [-0.39, 0.29) is 116 Å². The van der Waals surface area contributed by atoms with Crippen LogP contribution in [0.4, 0.5) is 0 Å². The number of hydrogen-bond acceptors (Lipinski definition) is 8. The first-order valence-electron chi connectivity index (χ1n) is 12.0. The van der Waals surface area contributed by atoms with E-state index in [0.717, 1.165) is 25.7 Å². The monoisotopic (exact) mass is 1090 g/mol. The average molecular weight is 1100 g/mol. The molecule has 4 unspecified atom stereocenters. The van der Waals surface area contributed by atoms with Crippen LogP contribution < -0.4 is 71.9 Å². The van der Waals surface area contributed by atoms with Crippen LogP contribution in [0.25, 0.3) is 0 Å². The molecule has 3 aliphatic rings. The van der Waals surface area contributed by atoms with Crippen LogP contribution in [-0.2, 0) is 28.4 Å². The van der Waals surface area contributed by atoms with E-state index in [9.17, 15) is 0 Å². The summed E-state index contributed by atoms with van der Waals surface area (Å²) in [6.45, 7) is 7.79. The zero-order valence-electron chi connectivity index (χ0n) is 22.0. The minimum atomic E-state index is 0. The van der Waals surface area contributed by atoms with Crippen LogP contribution in [0, 0.1) is 36.9 Å². The zero-order valence-corrected chi connectivity index (χ0v) is 31.6. The van der Waals surface area contributed by atoms with Gasteiger partial charge in [0.05, 0.1) is 89.4 Å². The molecule has 0 aromatic heterocycles. The van der Waals surface area contributed by atoms with Crippen LogP contribution in [0.2, 0.25) is 0 Å². The Hall–Kier alpha value is 1.28. The van der Waals surface area contributed by atoms with Crippen molar-refractivity contribution in [1.29, 1.82) is 10.5 Å². The molecule has 1 aliphatic heterocycles. The van der Waals surface area contributed by atoms with Crippen molar-refractivity contribution in [2.75, 3.05) is 52.9 Å². The maximum absolute atomic E-state index is 7.32. The van der Waals surface area contributed by atoms with E-state index in [0.29, 0.717) is 52.9 Å². The van der Waals surface area contributed by atoms with Crippen molar-refractivity contribution in [1.82, 2.24) is 0 Å². The van der Waals surface area contributed by atoms with Crippen molar-refractivity contribution in [3.8, 4) is 12.1 Å². The van der Waals surface area contributed by atoms with Crippen LogP contribution in [0.15, 0.2) is 0 Å². The van der Waals surface area contributed by atoms with Gasteiger partial charge in [-0.3, -0.25) is 0 Å². The Balaban J connectivity index is -0.000000284. The van der Waals surface area contributed by atoms with E-state index in [1.54, 1.807) is 12.1 Å². The molecule has 2 N–H and O–H groups in total. The molecular weight excluding hydrogens is 1050 g/mol. The number of fused-ring (bicyclic) bond motifs is 2. The molecule has 0 amide bonds. The summed E-state index contributed by atoms with van der Waals surface area (Å²) in [7, 11) is 0. The molecule has 0 aromatic rings. The largest absolute Gasteiger partial charge is 1.00 e. The first-order chi connectivity index (χ1) is 15.8. The molecule has 223 valence electrons. The topological polar surface area (TPSA) is 134 Å². The second-order valence-electron chi connectivity index (χ2n) is 7.88. The van der Waals surface area contributed by atoms with Gasteiger partial charge >= 0.3 is 0 Å². The predicted octanol–water partition coefficient (Wildman–Crippen LogP) is -6.03. The van der Waals surface area contributed by atoms with Crippen molar-refractivity contribution in [3.63, 3.8) is 0 Å². The second kappa shape index (κ2) is 35.3. The number of nitriles is 2. The fourth-order valence-electron chi connectivity index (χ4n) is 4.13. The molecule has 3 fully saturated rings. The molecule has 3 rings (SSSR count). The van der Waals surface area contributed by atoms with Gasteiger partial charge in [-0.2, -0.15) is 10.5 Å². The quantitative estimate of drug-likeness (QED) is 0.219. The molecule has 0 aromatic carbocycles. The molecule has 0 spiro atoms. The summed E-state index contributed by atoms with van der Waals surface area (Å²) < 4.78 is 35.5. The molecular formula is C24H44AmI3N2O7-3. The summed E-state index contributed by atoms with van der Waals surface area (Å²) in [5.41, 5.74) is 0. The fourth-order valence-corrected chi connectivity index (χ4v) is 4.13. The third-order valence-corrected chi connectivity index (χ3v) is 5.52. The molecule has 37 heavy (non-hydrogen) atoms. The Morgan fingerprint density at radius 3 is 0.865 bits per heavy atom. The first kappa shape index (κ1) is 48.0. The Kier molecular flexibility index (Phi) is 45.8. The third-order valence-electron chi connectivity index (χ3n) is 5.52. The Morgan fingerprint density at radius 1 is 0.486 bits per heavy atom.